The fourth-order valence-corrected chi connectivity index (χ4v) is 5.12. The Bertz CT molecular complexity index is 1280. The average Bonchev–Trinajstić information content (AvgIpc) is 3.44. The van der Waals surface area contributed by atoms with Crippen LogP contribution in [-0.2, 0) is 16.4 Å². The largest absolute Gasteiger partial charge is 0.361 e. The second-order valence-corrected chi connectivity index (χ2v) is 9.98. The molecular weight excluding hydrogens is 467 g/mol. The van der Waals surface area contributed by atoms with Gasteiger partial charge in [0, 0.05) is 18.2 Å². The van der Waals surface area contributed by atoms with E-state index in [1.165, 1.54) is 18.2 Å². The van der Waals surface area contributed by atoms with E-state index in [9.17, 15) is 8.42 Å². The molecule has 11 heteroatoms. The van der Waals surface area contributed by atoms with Crippen LogP contribution in [0.2, 0.25) is 10.0 Å². The van der Waals surface area contributed by atoms with Gasteiger partial charge in [0.1, 0.15) is 17.1 Å². The maximum absolute atomic E-state index is 12.6. The molecular formula is C19H16Cl2N4O3S2. The average molecular weight is 483 g/mol. The molecule has 0 aliphatic carbocycles. The number of thiophene rings is 1. The first kappa shape index (κ1) is 21.1. The molecule has 0 fully saturated rings. The number of sulfonamides is 1. The van der Waals surface area contributed by atoms with E-state index in [1.807, 2.05) is 17.5 Å². The molecule has 0 saturated heterocycles. The molecule has 0 bridgehead atoms. The summed E-state index contributed by atoms with van der Waals surface area (Å²) >= 11 is 13.4. The predicted molar refractivity (Wildman–Crippen MR) is 117 cm³/mol. The van der Waals surface area contributed by atoms with Gasteiger partial charge in [0.15, 0.2) is 0 Å². The van der Waals surface area contributed by atoms with Gasteiger partial charge in [-0.15, -0.1) is 11.3 Å². The van der Waals surface area contributed by atoms with Crippen molar-refractivity contribution in [3.63, 3.8) is 0 Å². The van der Waals surface area contributed by atoms with Crippen molar-refractivity contribution in [1.29, 1.82) is 0 Å². The fourth-order valence-electron chi connectivity index (χ4n) is 2.96. The molecule has 3 heterocycles. The van der Waals surface area contributed by atoms with E-state index in [0.717, 1.165) is 16.1 Å². The minimum Gasteiger partial charge on any atom is -0.361 e. The summed E-state index contributed by atoms with van der Waals surface area (Å²) in [5, 5.41) is 13.9. The number of benzene rings is 1. The first-order valence-corrected chi connectivity index (χ1v) is 12.0. The van der Waals surface area contributed by atoms with Crippen molar-refractivity contribution in [1.82, 2.24) is 20.1 Å². The minimum absolute atomic E-state index is 0.0509. The summed E-state index contributed by atoms with van der Waals surface area (Å²) in [6.45, 7) is 1.96. The second kappa shape index (κ2) is 8.52. The molecule has 4 rings (SSSR count). The number of aryl methyl sites for hydroxylation is 1. The smallest absolute Gasteiger partial charge is 0.240 e. The lowest BCUT2D eigenvalue weighted by Gasteiger charge is -2.08. The molecule has 7 nitrogen and oxygen atoms in total. The van der Waals surface area contributed by atoms with Gasteiger partial charge in [-0.1, -0.05) is 34.4 Å². The van der Waals surface area contributed by atoms with Crippen LogP contribution in [0, 0.1) is 6.92 Å². The number of aromatic amines is 1. The lowest BCUT2D eigenvalue weighted by Crippen LogP contribution is -2.26. The van der Waals surface area contributed by atoms with Crippen molar-refractivity contribution in [2.75, 3.05) is 6.54 Å². The zero-order chi connectivity index (χ0) is 21.3. The van der Waals surface area contributed by atoms with Gasteiger partial charge in [-0.05, 0) is 43.0 Å². The number of hydrogen-bond donors (Lipinski definition) is 2. The molecule has 0 saturated carbocycles. The van der Waals surface area contributed by atoms with Crippen LogP contribution in [-0.4, -0.2) is 30.3 Å². The quantitative estimate of drug-likeness (QED) is 0.388. The Morgan fingerprint density at radius 1 is 1.20 bits per heavy atom. The highest BCUT2D eigenvalue weighted by molar-refractivity contribution is 7.89. The lowest BCUT2D eigenvalue weighted by molar-refractivity contribution is 0.399. The molecule has 0 atom stereocenters. The number of rotatable bonds is 7. The topological polar surface area (TPSA) is 101 Å². The molecule has 0 aliphatic heterocycles. The molecule has 0 spiro atoms. The Labute approximate surface area is 187 Å². The molecule has 156 valence electrons. The van der Waals surface area contributed by atoms with E-state index < -0.39 is 10.0 Å². The van der Waals surface area contributed by atoms with Crippen LogP contribution < -0.4 is 4.72 Å². The van der Waals surface area contributed by atoms with Crippen molar-refractivity contribution in [2.24, 2.45) is 0 Å². The van der Waals surface area contributed by atoms with Crippen LogP contribution >= 0.6 is 34.5 Å². The molecule has 0 amide bonds. The van der Waals surface area contributed by atoms with Crippen LogP contribution in [0.15, 0.2) is 51.2 Å². The highest BCUT2D eigenvalue weighted by Crippen LogP contribution is 2.33. The highest BCUT2D eigenvalue weighted by atomic mass is 35.5. The van der Waals surface area contributed by atoms with Gasteiger partial charge in [0.25, 0.3) is 0 Å². The molecule has 0 unspecified atom stereocenters. The predicted octanol–water partition coefficient (Wildman–Crippen LogP) is 4.93. The fraction of sp³-hybridized carbons (Fsp3) is 0.158. The van der Waals surface area contributed by atoms with E-state index in [1.54, 1.807) is 24.3 Å². The third-order valence-corrected chi connectivity index (χ3v) is 7.45. The van der Waals surface area contributed by atoms with Gasteiger partial charge in [0.05, 0.1) is 25.5 Å². The summed E-state index contributed by atoms with van der Waals surface area (Å²) in [5.74, 6) is 0.670. The standard InChI is InChI=1S/C19H16Cl2N4O3S2/c1-11-9-16(25-28-11)18-13(19(24-23-18)17-3-2-8-29-17)6-7-22-30(26,27)12-4-5-14(20)15(21)10-12/h2-5,8-10,22H,6-7H2,1H3,(H,23,24). The van der Waals surface area contributed by atoms with Crippen LogP contribution in [0.3, 0.4) is 0 Å². The Morgan fingerprint density at radius 3 is 2.70 bits per heavy atom. The maximum Gasteiger partial charge on any atom is 0.240 e. The number of aromatic nitrogens is 3. The van der Waals surface area contributed by atoms with Crippen molar-refractivity contribution in [3.8, 4) is 22.0 Å². The van der Waals surface area contributed by atoms with E-state index in [0.29, 0.717) is 28.6 Å². The first-order valence-electron chi connectivity index (χ1n) is 8.84. The van der Waals surface area contributed by atoms with E-state index >= 15 is 0 Å². The minimum atomic E-state index is -3.75. The van der Waals surface area contributed by atoms with Crippen LogP contribution in [0.4, 0.5) is 0 Å². The first-order chi connectivity index (χ1) is 14.3. The monoisotopic (exact) mass is 482 g/mol. The lowest BCUT2D eigenvalue weighted by atomic mass is 10.1. The number of hydrogen-bond acceptors (Lipinski definition) is 6. The number of halogens is 2. The van der Waals surface area contributed by atoms with Crippen LogP contribution in [0.25, 0.3) is 22.0 Å². The van der Waals surface area contributed by atoms with Crippen LogP contribution in [0.5, 0.6) is 0 Å². The van der Waals surface area contributed by atoms with Gasteiger partial charge < -0.3 is 4.52 Å². The number of nitrogens with zero attached hydrogens (tertiary/aromatic N) is 2. The Hall–Kier alpha value is -2.17. The van der Waals surface area contributed by atoms with E-state index in [-0.39, 0.29) is 16.5 Å². The zero-order valence-electron chi connectivity index (χ0n) is 15.6. The second-order valence-electron chi connectivity index (χ2n) is 6.45. The summed E-state index contributed by atoms with van der Waals surface area (Å²) in [6, 6.07) is 9.89. The molecule has 4 aromatic rings. The van der Waals surface area contributed by atoms with Gasteiger partial charge in [-0.3, -0.25) is 5.10 Å². The van der Waals surface area contributed by atoms with Crippen molar-refractivity contribution in [3.05, 3.63) is 63.1 Å². The molecule has 1 aromatic carbocycles. The summed E-state index contributed by atoms with van der Waals surface area (Å²) in [6.07, 6.45) is 0.394. The zero-order valence-corrected chi connectivity index (χ0v) is 18.8. The Balaban J connectivity index is 1.59. The number of nitrogens with one attached hydrogen (secondary N) is 2. The van der Waals surface area contributed by atoms with Crippen molar-refractivity contribution >= 4 is 44.6 Å². The summed E-state index contributed by atoms with van der Waals surface area (Å²) in [5.41, 5.74) is 2.92. The maximum atomic E-state index is 12.6. The molecule has 2 N–H and O–H groups in total. The van der Waals surface area contributed by atoms with Crippen LogP contribution in [0.1, 0.15) is 11.3 Å². The van der Waals surface area contributed by atoms with E-state index in [2.05, 4.69) is 20.1 Å². The third-order valence-electron chi connectivity index (χ3n) is 4.37. The highest BCUT2D eigenvalue weighted by Gasteiger charge is 2.21. The number of H-pyrrole nitrogens is 1. The summed E-state index contributed by atoms with van der Waals surface area (Å²) in [7, 11) is -3.75. The van der Waals surface area contributed by atoms with Gasteiger partial charge in [-0.25, -0.2) is 13.1 Å². The Morgan fingerprint density at radius 2 is 2.03 bits per heavy atom. The molecule has 0 aliphatic rings. The van der Waals surface area contributed by atoms with Gasteiger partial charge in [-0.2, -0.15) is 5.10 Å². The summed E-state index contributed by atoms with van der Waals surface area (Å²) < 4.78 is 33.1. The normalized spacial score (nSPS) is 11.8. The van der Waals surface area contributed by atoms with Crippen molar-refractivity contribution < 1.29 is 12.9 Å². The molecule has 3 aromatic heterocycles. The summed E-state index contributed by atoms with van der Waals surface area (Å²) in [4.78, 5) is 1.02. The Kier molecular flexibility index (Phi) is 5.99. The van der Waals surface area contributed by atoms with Crippen molar-refractivity contribution in [2.45, 2.75) is 18.2 Å². The van der Waals surface area contributed by atoms with E-state index in [4.69, 9.17) is 27.7 Å². The molecule has 0 radical (unpaired) electrons. The van der Waals surface area contributed by atoms with Gasteiger partial charge in [0.2, 0.25) is 10.0 Å². The SMILES string of the molecule is Cc1cc(-c2[nH]nc(-c3cccs3)c2CCNS(=O)(=O)c2ccc(Cl)c(Cl)c2)no1. The third kappa shape index (κ3) is 4.30. The van der Waals surface area contributed by atoms with Gasteiger partial charge >= 0.3 is 0 Å². The molecule has 30 heavy (non-hydrogen) atoms.